The SMILES string of the molecule is C#[N+][C@@H]1C[C@@]2(CN1C(=O)[C@H](CC1CC1)NC(=O)[C@@H](NC(=O)C(F)(F)F)[C@@H](C)OC(C)(C)C)C(=O)Nc1ccccc12. The minimum absolute atomic E-state index is 0.0468. The molecule has 1 aromatic carbocycles. The lowest BCUT2D eigenvalue weighted by Gasteiger charge is -2.32. The lowest BCUT2D eigenvalue weighted by atomic mass is 9.80. The molecule has 10 nitrogen and oxygen atoms in total. The highest BCUT2D eigenvalue weighted by Crippen LogP contribution is 2.47. The molecule has 1 aromatic rings. The van der Waals surface area contributed by atoms with Gasteiger partial charge in [0.1, 0.15) is 17.5 Å². The van der Waals surface area contributed by atoms with Crippen molar-refractivity contribution in [1.29, 1.82) is 0 Å². The van der Waals surface area contributed by atoms with Gasteiger partial charge in [-0.3, -0.25) is 24.1 Å². The number of hydrogen-bond acceptors (Lipinski definition) is 5. The number of likely N-dealkylation sites (tertiary alicyclic amines) is 1. The Kier molecular flexibility index (Phi) is 8.10. The summed E-state index contributed by atoms with van der Waals surface area (Å²) in [6.07, 6.45) is -5.28. The van der Waals surface area contributed by atoms with Crippen molar-refractivity contribution < 1.29 is 37.1 Å². The van der Waals surface area contributed by atoms with E-state index in [4.69, 9.17) is 11.3 Å². The molecule has 1 saturated carbocycles. The molecular weight excluding hydrogens is 543 g/mol. The molecule has 4 amide bonds. The number of hydrogen-bond donors (Lipinski definition) is 3. The Balaban J connectivity index is 1.59. The highest BCUT2D eigenvalue weighted by atomic mass is 19.4. The van der Waals surface area contributed by atoms with Gasteiger partial charge in [-0.1, -0.05) is 35.9 Å². The maximum Gasteiger partial charge on any atom is 0.471 e. The Bertz CT molecular complexity index is 1270. The Hall–Kier alpha value is -3.66. The summed E-state index contributed by atoms with van der Waals surface area (Å²) in [4.78, 5) is 57.5. The van der Waals surface area contributed by atoms with Crippen LogP contribution < -0.4 is 16.0 Å². The van der Waals surface area contributed by atoms with E-state index in [2.05, 4.69) is 15.5 Å². The Morgan fingerprint density at radius 1 is 1.20 bits per heavy atom. The molecule has 2 heterocycles. The number of ether oxygens (including phenoxy) is 1. The van der Waals surface area contributed by atoms with Gasteiger partial charge in [-0.2, -0.15) is 13.2 Å². The van der Waals surface area contributed by atoms with Crippen LogP contribution in [0, 0.1) is 12.5 Å². The summed E-state index contributed by atoms with van der Waals surface area (Å²) >= 11 is 0. The molecule has 0 unspecified atom stereocenters. The fourth-order valence-electron chi connectivity index (χ4n) is 5.59. The monoisotopic (exact) mass is 578 g/mol. The van der Waals surface area contributed by atoms with E-state index in [0.717, 1.165) is 12.8 Å². The third-order valence-corrected chi connectivity index (χ3v) is 7.63. The minimum Gasteiger partial charge on any atom is -0.370 e. The van der Waals surface area contributed by atoms with Crippen molar-refractivity contribution in [2.45, 2.75) is 94.9 Å². The van der Waals surface area contributed by atoms with Crippen LogP contribution in [0.1, 0.15) is 58.9 Å². The fraction of sp³-hybridized carbons (Fsp3) is 0.607. The van der Waals surface area contributed by atoms with Gasteiger partial charge in [-0.05, 0) is 51.7 Å². The average Bonchev–Trinajstić information content (AvgIpc) is 3.54. The van der Waals surface area contributed by atoms with Gasteiger partial charge in [0.2, 0.25) is 11.8 Å². The molecule has 222 valence electrons. The van der Waals surface area contributed by atoms with Gasteiger partial charge in [0.05, 0.1) is 18.1 Å². The normalized spacial score (nSPS) is 24.2. The number of rotatable bonds is 8. The molecule has 0 bridgehead atoms. The Morgan fingerprint density at radius 3 is 2.44 bits per heavy atom. The number of carbonyl (C=O) groups is 4. The van der Waals surface area contributed by atoms with E-state index in [1.54, 1.807) is 50.4 Å². The summed E-state index contributed by atoms with van der Waals surface area (Å²) in [7, 11) is 0. The first-order valence-electron chi connectivity index (χ1n) is 13.5. The van der Waals surface area contributed by atoms with E-state index in [1.165, 1.54) is 11.8 Å². The standard InChI is InChI=1S/C28H34F3N5O5/c1-15(41-26(2,3)4)21(35-25(40)28(29,30)31)22(37)33-19(12-16-10-11-16)23(38)36-14-27(13-20(36)32-5)17-8-6-7-9-18(17)34-24(27)39/h5-9,15-16,19-21H,10-14H2,1-4H3,(H2-,33,34,35,37,39,40)/p+1/t15-,19+,20+,21+,27+/m1/s1. The number of anilines is 1. The number of halogens is 3. The molecule has 1 aliphatic carbocycles. The van der Waals surface area contributed by atoms with E-state index in [1.807, 2.05) is 0 Å². The second-order valence-electron chi connectivity index (χ2n) is 12.0. The lowest BCUT2D eigenvalue weighted by molar-refractivity contribution is -0.176. The molecule has 41 heavy (non-hydrogen) atoms. The van der Waals surface area contributed by atoms with Gasteiger partial charge in [0.25, 0.3) is 12.5 Å². The molecule has 1 spiro atoms. The molecule has 4 rings (SSSR count). The van der Waals surface area contributed by atoms with Crippen molar-refractivity contribution in [3.8, 4) is 6.57 Å². The number of nitrogens with zero attached hydrogens (tertiary/aromatic N) is 2. The lowest BCUT2D eigenvalue weighted by Crippen LogP contribution is -2.60. The Morgan fingerprint density at radius 2 is 1.85 bits per heavy atom. The van der Waals surface area contributed by atoms with Crippen LogP contribution in [0.15, 0.2) is 24.3 Å². The topological polar surface area (TPSA) is 121 Å². The quantitative estimate of drug-likeness (QED) is 0.438. The number of alkyl halides is 3. The van der Waals surface area contributed by atoms with Crippen molar-refractivity contribution in [3.63, 3.8) is 0 Å². The van der Waals surface area contributed by atoms with Gasteiger partial charge >= 0.3 is 18.2 Å². The first-order valence-corrected chi connectivity index (χ1v) is 13.5. The van der Waals surface area contributed by atoms with Crippen LogP contribution in [0.2, 0.25) is 0 Å². The second-order valence-corrected chi connectivity index (χ2v) is 12.0. The van der Waals surface area contributed by atoms with Gasteiger partial charge < -0.3 is 20.7 Å². The molecule has 13 heteroatoms. The largest absolute Gasteiger partial charge is 0.471 e. The summed E-state index contributed by atoms with van der Waals surface area (Å²) in [5.74, 6) is -4.05. The van der Waals surface area contributed by atoms with Crippen molar-refractivity contribution in [2.75, 3.05) is 11.9 Å². The average molecular weight is 579 g/mol. The van der Waals surface area contributed by atoms with Gasteiger partial charge in [0.15, 0.2) is 0 Å². The maximum atomic E-state index is 13.9. The molecule has 3 N–H and O–H groups in total. The van der Waals surface area contributed by atoms with Gasteiger partial charge in [-0.25, -0.2) is 0 Å². The summed E-state index contributed by atoms with van der Waals surface area (Å²) < 4.78 is 45.0. The highest BCUT2D eigenvalue weighted by molar-refractivity contribution is 6.07. The zero-order chi connectivity index (χ0) is 30.3. The van der Waals surface area contributed by atoms with Crippen LogP contribution in [0.25, 0.3) is 4.85 Å². The zero-order valence-corrected chi connectivity index (χ0v) is 23.4. The summed E-state index contributed by atoms with van der Waals surface area (Å²) in [5.41, 5.74) is -0.602. The number of benzene rings is 1. The molecule has 2 aliphatic heterocycles. The molecule has 3 aliphatic rings. The van der Waals surface area contributed by atoms with Gasteiger partial charge in [0, 0.05) is 12.2 Å². The third-order valence-electron chi connectivity index (χ3n) is 7.63. The first-order chi connectivity index (χ1) is 19.1. The van der Waals surface area contributed by atoms with Crippen LogP contribution in [-0.2, 0) is 29.3 Å². The van der Waals surface area contributed by atoms with E-state index >= 15 is 0 Å². The van der Waals surface area contributed by atoms with Crippen LogP contribution in [0.5, 0.6) is 0 Å². The van der Waals surface area contributed by atoms with Crippen LogP contribution in [-0.4, -0.2) is 71.2 Å². The molecule has 0 aromatic heterocycles. The summed E-state index contributed by atoms with van der Waals surface area (Å²) in [6.45, 7) is 12.0. The second kappa shape index (κ2) is 11.0. The smallest absolute Gasteiger partial charge is 0.370 e. The third kappa shape index (κ3) is 6.48. The molecular formula is C28H35F3N5O5+. The fourth-order valence-corrected chi connectivity index (χ4v) is 5.59. The number of nitrogens with one attached hydrogen (secondary N) is 3. The number of amides is 4. The first kappa shape index (κ1) is 30.3. The predicted octanol–water partition coefficient (Wildman–Crippen LogP) is 2.93. The summed E-state index contributed by atoms with van der Waals surface area (Å²) in [5, 5.41) is 7.13. The number of carbonyl (C=O) groups excluding carboxylic acids is 4. The molecule has 2 fully saturated rings. The maximum absolute atomic E-state index is 13.9. The number of fused-ring (bicyclic) bond motifs is 2. The summed E-state index contributed by atoms with van der Waals surface area (Å²) in [6, 6.07) is 4.22. The van der Waals surface area contributed by atoms with E-state index in [-0.39, 0.29) is 31.2 Å². The van der Waals surface area contributed by atoms with Crippen molar-refractivity contribution >= 4 is 29.3 Å². The Labute approximate surface area is 236 Å². The zero-order valence-electron chi connectivity index (χ0n) is 23.4. The molecule has 5 atom stereocenters. The van der Waals surface area contributed by atoms with Crippen LogP contribution in [0.4, 0.5) is 18.9 Å². The van der Waals surface area contributed by atoms with Crippen molar-refractivity contribution in [2.24, 2.45) is 5.92 Å². The van der Waals surface area contributed by atoms with Crippen LogP contribution in [0.3, 0.4) is 0 Å². The molecule has 0 radical (unpaired) electrons. The van der Waals surface area contributed by atoms with E-state index < -0.39 is 59.3 Å². The van der Waals surface area contributed by atoms with E-state index in [0.29, 0.717) is 11.3 Å². The predicted molar refractivity (Wildman–Crippen MR) is 143 cm³/mol. The highest BCUT2D eigenvalue weighted by Gasteiger charge is 2.60. The van der Waals surface area contributed by atoms with Crippen molar-refractivity contribution in [1.82, 2.24) is 15.5 Å². The van der Waals surface area contributed by atoms with E-state index in [9.17, 15) is 32.3 Å². The van der Waals surface area contributed by atoms with Gasteiger partial charge in [-0.15, -0.1) is 0 Å². The van der Waals surface area contributed by atoms with Crippen molar-refractivity contribution in [3.05, 3.63) is 34.7 Å². The van der Waals surface area contributed by atoms with Crippen LogP contribution >= 0.6 is 0 Å². The minimum atomic E-state index is -5.24. The number of para-hydroxylation sites is 1. The molecule has 1 saturated heterocycles.